The average molecular weight is 297 g/mol. The van der Waals surface area contributed by atoms with E-state index in [0.29, 0.717) is 17.3 Å². The Balaban J connectivity index is 1.87. The van der Waals surface area contributed by atoms with E-state index in [4.69, 9.17) is 22.1 Å². The summed E-state index contributed by atoms with van der Waals surface area (Å²) in [6, 6.07) is 7.11. The molecule has 2 N–H and O–H groups in total. The van der Waals surface area contributed by atoms with Crippen molar-refractivity contribution in [3.8, 4) is 5.75 Å². The lowest BCUT2D eigenvalue weighted by Crippen LogP contribution is -2.31. The van der Waals surface area contributed by atoms with Crippen LogP contribution in [0.4, 0.5) is 5.82 Å². The molecule has 0 saturated heterocycles. The number of anilines is 1. The Kier molecular flexibility index (Phi) is 4.41. The number of hydrogen-bond donors (Lipinski definition) is 1. The van der Waals surface area contributed by atoms with Crippen molar-refractivity contribution in [2.75, 3.05) is 25.9 Å². The van der Waals surface area contributed by atoms with Gasteiger partial charge in [-0.3, -0.25) is 4.79 Å². The molecule has 7 nitrogen and oxygen atoms in total. The molecule has 20 heavy (non-hydrogen) atoms. The Hall–Kier alpha value is -2.28. The summed E-state index contributed by atoms with van der Waals surface area (Å²) >= 11 is 5.95. The number of para-hydroxylation sites is 1. The van der Waals surface area contributed by atoms with Gasteiger partial charge in [0.15, 0.2) is 0 Å². The number of rotatable bonds is 5. The van der Waals surface area contributed by atoms with Crippen molar-refractivity contribution in [2.24, 2.45) is 0 Å². The Morgan fingerprint density at radius 2 is 2.20 bits per heavy atom. The van der Waals surface area contributed by atoms with Crippen LogP contribution >= 0.6 is 11.6 Å². The molecule has 0 unspecified atom stereocenters. The van der Waals surface area contributed by atoms with Crippen LogP contribution in [0.3, 0.4) is 0 Å². The molecule has 0 aliphatic carbocycles. The molecular formula is C12H13ClN4O3. The number of amides is 1. The maximum Gasteiger partial charge on any atom is 0.279 e. The second-order valence-corrected chi connectivity index (χ2v) is 4.41. The first kappa shape index (κ1) is 14.1. The van der Waals surface area contributed by atoms with Crippen LogP contribution in [0.5, 0.6) is 5.75 Å². The van der Waals surface area contributed by atoms with Gasteiger partial charge in [0.25, 0.3) is 5.91 Å². The third-order valence-electron chi connectivity index (χ3n) is 2.58. The Bertz CT molecular complexity index is 602. The van der Waals surface area contributed by atoms with Crippen molar-refractivity contribution in [3.63, 3.8) is 0 Å². The topological polar surface area (TPSA) is 94.5 Å². The Morgan fingerprint density at radius 3 is 2.85 bits per heavy atom. The fourth-order valence-electron chi connectivity index (χ4n) is 1.48. The highest BCUT2D eigenvalue weighted by Crippen LogP contribution is 2.22. The average Bonchev–Trinajstić information content (AvgIpc) is 2.86. The van der Waals surface area contributed by atoms with E-state index in [2.05, 4.69) is 14.9 Å². The van der Waals surface area contributed by atoms with E-state index in [0.717, 1.165) is 0 Å². The zero-order valence-corrected chi connectivity index (χ0v) is 11.5. The van der Waals surface area contributed by atoms with Crippen molar-refractivity contribution < 1.29 is 14.2 Å². The summed E-state index contributed by atoms with van der Waals surface area (Å²) < 4.78 is 9.87. The van der Waals surface area contributed by atoms with E-state index >= 15 is 0 Å². The number of hydrogen-bond acceptors (Lipinski definition) is 6. The van der Waals surface area contributed by atoms with Crippen LogP contribution in [0.1, 0.15) is 10.5 Å². The molecule has 0 spiro atoms. The minimum atomic E-state index is -0.383. The van der Waals surface area contributed by atoms with Crippen LogP contribution in [0.25, 0.3) is 0 Å². The number of ether oxygens (including phenoxy) is 1. The second-order valence-electron chi connectivity index (χ2n) is 4.00. The molecule has 0 radical (unpaired) electrons. The summed E-state index contributed by atoms with van der Waals surface area (Å²) in [5.41, 5.74) is 5.45. The largest absolute Gasteiger partial charge is 0.490 e. The number of carbonyl (C=O) groups is 1. The smallest absolute Gasteiger partial charge is 0.279 e. The molecule has 1 heterocycles. The maximum absolute atomic E-state index is 11.9. The van der Waals surface area contributed by atoms with E-state index in [9.17, 15) is 4.79 Å². The van der Waals surface area contributed by atoms with Gasteiger partial charge >= 0.3 is 0 Å². The summed E-state index contributed by atoms with van der Waals surface area (Å²) in [7, 11) is 1.60. The number of benzene rings is 1. The van der Waals surface area contributed by atoms with Gasteiger partial charge < -0.3 is 15.4 Å². The van der Waals surface area contributed by atoms with E-state index in [-0.39, 0.29) is 24.0 Å². The van der Waals surface area contributed by atoms with Gasteiger partial charge in [0, 0.05) is 7.05 Å². The molecule has 0 aliphatic heterocycles. The Morgan fingerprint density at radius 1 is 1.45 bits per heavy atom. The highest BCUT2D eigenvalue weighted by molar-refractivity contribution is 6.32. The van der Waals surface area contributed by atoms with Crippen LogP contribution in [0, 0.1) is 0 Å². The minimum absolute atomic E-state index is 0.00903. The molecule has 2 aromatic rings. The summed E-state index contributed by atoms with van der Waals surface area (Å²) in [5.74, 6) is 0.151. The molecule has 0 bridgehead atoms. The van der Waals surface area contributed by atoms with Crippen molar-refractivity contribution in [3.05, 3.63) is 35.0 Å². The fourth-order valence-corrected chi connectivity index (χ4v) is 1.67. The number of likely N-dealkylation sites (N-methyl/N-ethyl adjacent to an activating group) is 1. The molecule has 1 aromatic carbocycles. The van der Waals surface area contributed by atoms with Gasteiger partial charge in [-0.15, -0.1) is 0 Å². The number of aromatic nitrogens is 2. The summed E-state index contributed by atoms with van der Waals surface area (Å²) in [6.45, 7) is 0.632. The van der Waals surface area contributed by atoms with Crippen LogP contribution in [0.15, 0.2) is 28.9 Å². The first-order valence-electron chi connectivity index (χ1n) is 5.80. The lowest BCUT2D eigenvalue weighted by molar-refractivity contribution is 0.0763. The van der Waals surface area contributed by atoms with E-state index in [1.165, 1.54) is 4.90 Å². The monoisotopic (exact) mass is 296 g/mol. The summed E-state index contributed by atoms with van der Waals surface area (Å²) in [6.07, 6.45) is 0. The molecule has 0 aliphatic rings. The second kappa shape index (κ2) is 6.25. The van der Waals surface area contributed by atoms with Crippen LogP contribution in [-0.2, 0) is 0 Å². The number of nitrogens with zero attached hydrogens (tertiary/aromatic N) is 3. The molecule has 2 rings (SSSR count). The maximum atomic E-state index is 11.9. The normalized spacial score (nSPS) is 10.3. The van der Waals surface area contributed by atoms with E-state index in [1.807, 2.05) is 12.1 Å². The van der Waals surface area contributed by atoms with Gasteiger partial charge in [0.05, 0.1) is 11.6 Å². The molecule has 1 amide bonds. The van der Waals surface area contributed by atoms with Crippen LogP contribution in [0.2, 0.25) is 5.02 Å². The molecule has 106 valence electrons. The van der Waals surface area contributed by atoms with E-state index < -0.39 is 0 Å². The molecule has 0 atom stereocenters. The van der Waals surface area contributed by atoms with Crippen molar-refractivity contribution in [2.45, 2.75) is 0 Å². The third kappa shape index (κ3) is 3.18. The van der Waals surface area contributed by atoms with Crippen LogP contribution < -0.4 is 10.5 Å². The molecular weight excluding hydrogens is 284 g/mol. The zero-order valence-electron chi connectivity index (χ0n) is 10.7. The number of carbonyl (C=O) groups excluding carboxylic acids is 1. The molecule has 0 fully saturated rings. The highest BCUT2D eigenvalue weighted by atomic mass is 35.5. The quantitative estimate of drug-likeness (QED) is 0.897. The molecule has 0 saturated carbocycles. The predicted octanol–water partition coefficient (Wildman–Crippen LogP) is 1.46. The molecule has 1 aromatic heterocycles. The van der Waals surface area contributed by atoms with Crippen molar-refractivity contribution in [1.29, 1.82) is 0 Å². The zero-order chi connectivity index (χ0) is 14.5. The standard InChI is InChI=1S/C12H13ClN4O3/c1-17(12(18)10-11(14)16-20-15-10)6-7-19-9-5-3-2-4-8(9)13/h2-5H,6-7H2,1H3,(H2,14,16). The minimum Gasteiger partial charge on any atom is -0.490 e. The number of nitrogens with two attached hydrogens (primary N) is 1. The Labute approximate surface area is 120 Å². The van der Waals surface area contributed by atoms with Crippen molar-refractivity contribution in [1.82, 2.24) is 15.2 Å². The van der Waals surface area contributed by atoms with E-state index in [1.54, 1.807) is 19.2 Å². The highest BCUT2D eigenvalue weighted by Gasteiger charge is 2.19. The van der Waals surface area contributed by atoms with Gasteiger partial charge in [0.1, 0.15) is 12.4 Å². The summed E-state index contributed by atoms with van der Waals surface area (Å²) in [5, 5.41) is 7.33. The lowest BCUT2D eigenvalue weighted by Gasteiger charge is -2.16. The number of nitrogen functional groups attached to an aromatic ring is 1. The SMILES string of the molecule is CN(CCOc1ccccc1Cl)C(=O)c1nonc1N. The lowest BCUT2D eigenvalue weighted by atomic mass is 10.3. The first-order valence-corrected chi connectivity index (χ1v) is 6.18. The third-order valence-corrected chi connectivity index (χ3v) is 2.90. The van der Waals surface area contributed by atoms with Gasteiger partial charge in [-0.2, -0.15) is 0 Å². The van der Waals surface area contributed by atoms with Gasteiger partial charge in [-0.05, 0) is 22.4 Å². The fraction of sp³-hybridized carbons (Fsp3) is 0.250. The number of halogens is 1. The van der Waals surface area contributed by atoms with Gasteiger partial charge in [-0.1, -0.05) is 23.7 Å². The summed E-state index contributed by atoms with van der Waals surface area (Å²) in [4.78, 5) is 13.3. The van der Waals surface area contributed by atoms with Gasteiger partial charge in [0.2, 0.25) is 11.5 Å². The first-order chi connectivity index (χ1) is 9.59. The van der Waals surface area contributed by atoms with Crippen LogP contribution in [-0.4, -0.2) is 41.3 Å². The van der Waals surface area contributed by atoms with Crippen molar-refractivity contribution >= 4 is 23.3 Å². The van der Waals surface area contributed by atoms with Gasteiger partial charge in [-0.25, -0.2) is 4.63 Å². The molecule has 8 heteroatoms. The predicted molar refractivity (Wildman–Crippen MR) is 72.6 cm³/mol.